The molecule has 2 aliphatic heterocycles. The van der Waals surface area contributed by atoms with Gasteiger partial charge in [0, 0.05) is 62.2 Å². The number of aryl methyl sites for hydroxylation is 1. The lowest BCUT2D eigenvalue weighted by atomic mass is 9.95. The number of hydrogen-bond donors (Lipinski definition) is 0. The van der Waals surface area contributed by atoms with Crippen molar-refractivity contribution in [3.05, 3.63) is 47.8 Å². The van der Waals surface area contributed by atoms with E-state index in [1.165, 1.54) is 0 Å². The Kier molecular flexibility index (Phi) is 5.86. The van der Waals surface area contributed by atoms with Gasteiger partial charge in [-0.25, -0.2) is 14.5 Å². The van der Waals surface area contributed by atoms with Gasteiger partial charge in [0.25, 0.3) is 0 Å². The summed E-state index contributed by atoms with van der Waals surface area (Å²) in [5.41, 5.74) is 0.311. The molecule has 0 aromatic carbocycles. The molecule has 3 aromatic rings. The van der Waals surface area contributed by atoms with Crippen molar-refractivity contribution in [1.82, 2.24) is 29.5 Å². The summed E-state index contributed by atoms with van der Waals surface area (Å²) in [6.45, 7) is 4.31. The number of rotatable bonds is 4. The first-order valence-electron chi connectivity index (χ1n) is 11.6. The lowest BCUT2D eigenvalue weighted by molar-refractivity contribution is -0.142. The molecule has 180 valence electrons. The van der Waals surface area contributed by atoms with E-state index in [9.17, 15) is 18.0 Å². The zero-order valence-corrected chi connectivity index (χ0v) is 18.9. The van der Waals surface area contributed by atoms with Crippen LogP contribution in [0.25, 0.3) is 5.65 Å². The van der Waals surface area contributed by atoms with E-state index in [1.807, 2.05) is 4.90 Å². The van der Waals surface area contributed by atoms with Crippen molar-refractivity contribution in [1.29, 1.82) is 0 Å². The minimum absolute atomic E-state index is 0.0571. The zero-order chi connectivity index (χ0) is 23.9. The molecule has 34 heavy (non-hydrogen) atoms. The Labute approximate surface area is 194 Å². The molecule has 0 aliphatic carbocycles. The topological polar surface area (TPSA) is 79.5 Å². The average molecular weight is 474 g/mol. The first kappa shape index (κ1) is 22.5. The molecule has 3 aromatic heterocycles. The number of likely N-dealkylation sites (tertiary alicyclic amines) is 1. The third-order valence-electron chi connectivity index (χ3n) is 6.79. The minimum Gasteiger partial charge on any atom is -0.355 e. The molecular formula is C23H26F3N7O. The molecule has 1 amide bonds. The number of carbonyl (C=O) groups is 1. The molecule has 2 fully saturated rings. The summed E-state index contributed by atoms with van der Waals surface area (Å²) in [5.74, 6) is 0.779. The van der Waals surface area contributed by atoms with Gasteiger partial charge in [-0.15, -0.1) is 0 Å². The molecular weight excluding hydrogens is 447 g/mol. The highest BCUT2D eigenvalue weighted by molar-refractivity contribution is 5.79. The number of fused-ring (bicyclic) bond motifs is 1. The molecule has 2 saturated heterocycles. The maximum atomic E-state index is 13.6. The van der Waals surface area contributed by atoms with Crippen LogP contribution < -0.4 is 4.90 Å². The fourth-order valence-electron chi connectivity index (χ4n) is 4.90. The molecule has 0 bridgehead atoms. The van der Waals surface area contributed by atoms with Gasteiger partial charge in [0.05, 0.1) is 11.9 Å². The number of hydrogen-bond acceptors (Lipinski definition) is 6. The van der Waals surface area contributed by atoms with E-state index in [1.54, 1.807) is 31.6 Å². The van der Waals surface area contributed by atoms with Crippen molar-refractivity contribution >= 4 is 17.4 Å². The van der Waals surface area contributed by atoms with E-state index in [-0.39, 0.29) is 23.4 Å². The van der Waals surface area contributed by atoms with Gasteiger partial charge in [0.15, 0.2) is 5.65 Å². The summed E-state index contributed by atoms with van der Waals surface area (Å²) in [4.78, 5) is 29.9. The van der Waals surface area contributed by atoms with Crippen LogP contribution in [0.3, 0.4) is 0 Å². The Morgan fingerprint density at radius 3 is 2.59 bits per heavy atom. The molecule has 0 unspecified atom stereocenters. The first-order chi connectivity index (χ1) is 16.3. The number of alkyl halides is 3. The second kappa shape index (κ2) is 8.84. The van der Waals surface area contributed by atoms with Crippen molar-refractivity contribution < 1.29 is 18.0 Å². The van der Waals surface area contributed by atoms with Crippen LogP contribution in [0.15, 0.2) is 30.7 Å². The van der Waals surface area contributed by atoms with Gasteiger partial charge in [0.2, 0.25) is 5.91 Å². The smallest absolute Gasteiger partial charge is 0.355 e. The maximum Gasteiger partial charge on any atom is 0.433 e. The summed E-state index contributed by atoms with van der Waals surface area (Å²) in [7, 11) is 0. The molecule has 2 aliphatic rings. The molecule has 8 nitrogen and oxygen atoms in total. The van der Waals surface area contributed by atoms with Crippen LogP contribution >= 0.6 is 0 Å². The fraction of sp³-hybridized carbons (Fsp3) is 0.522. The second-order valence-corrected chi connectivity index (χ2v) is 8.92. The standard InChI is InChI=1S/C23H26F3N7O/c1-2-17-11-19(23(24,25)26)33-20(29-17)12-18(30-33)16-5-10-32(14-16)22(34)15-3-8-31(9-4-15)21-13-27-6-7-28-21/h6-7,11-13,15-16H,2-5,8-10,14H2,1H3/t16-/m0/s1. The van der Waals surface area contributed by atoms with Crippen molar-refractivity contribution in [2.45, 2.75) is 44.7 Å². The van der Waals surface area contributed by atoms with E-state index < -0.39 is 11.9 Å². The molecule has 11 heteroatoms. The molecule has 5 rings (SSSR count). The number of amides is 1. The second-order valence-electron chi connectivity index (χ2n) is 8.92. The molecule has 0 radical (unpaired) electrons. The SMILES string of the molecule is CCc1cc(C(F)(F)F)n2nc([C@H]3CCN(C(=O)C4CCN(c5cnccn5)CC4)C3)cc2n1. The fourth-order valence-corrected chi connectivity index (χ4v) is 4.90. The van der Waals surface area contributed by atoms with E-state index in [2.05, 4.69) is 25.0 Å². The number of aromatic nitrogens is 5. The summed E-state index contributed by atoms with van der Waals surface area (Å²) >= 11 is 0. The lowest BCUT2D eigenvalue weighted by Gasteiger charge is -2.33. The number of carbonyl (C=O) groups excluding carboxylic acids is 1. The predicted octanol–water partition coefficient (Wildman–Crippen LogP) is 3.33. The molecule has 5 heterocycles. The summed E-state index contributed by atoms with van der Waals surface area (Å²) in [6.07, 6.45) is 3.06. The monoisotopic (exact) mass is 473 g/mol. The summed E-state index contributed by atoms with van der Waals surface area (Å²) in [6, 6.07) is 2.69. The lowest BCUT2D eigenvalue weighted by Crippen LogP contribution is -2.42. The molecule has 0 saturated carbocycles. The van der Waals surface area contributed by atoms with Crippen LogP contribution in [-0.2, 0) is 17.4 Å². The zero-order valence-electron chi connectivity index (χ0n) is 18.9. The van der Waals surface area contributed by atoms with Crippen molar-refractivity contribution in [2.75, 3.05) is 31.1 Å². The molecule has 1 atom stereocenters. The normalized spacial score (nSPS) is 19.8. The highest BCUT2D eigenvalue weighted by Crippen LogP contribution is 2.33. The van der Waals surface area contributed by atoms with E-state index >= 15 is 0 Å². The summed E-state index contributed by atoms with van der Waals surface area (Å²) in [5, 5.41) is 4.26. The van der Waals surface area contributed by atoms with Crippen LogP contribution in [-0.4, -0.2) is 61.6 Å². The van der Waals surface area contributed by atoms with Gasteiger partial charge in [-0.2, -0.15) is 18.3 Å². The van der Waals surface area contributed by atoms with E-state index in [0.717, 1.165) is 42.3 Å². The Bertz CT molecular complexity index is 1170. The van der Waals surface area contributed by atoms with Gasteiger partial charge in [-0.1, -0.05) is 6.92 Å². The van der Waals surface area contributed by atoms with Crippen LogP contribution in [0, 0.1) is 5.92 Å². The first-order valence-corrected chi connectivity index (χ1v) is 11.6. The molecule has 0 spiro atoms. The van der Waals surface area contributed by atoms with Gasteiger partial charge in [0.1, 0.15) is 11.5 Å². The number of halogens is 3. The van der Waals surface area contributed by atoms with Crippen molar-refractivity contribution in [3.63, 3.8) is 0 Å². The van der Waals surface area contributed by atoms with Crippen LogP contribution in [0.2, 0.25) is 0 Å². The van der Waals surface area contributed by atoms with Crippen LogP contribution in [0.4, 0.5) is 19.0 Å². The largest absolute Gasteiger partial charge is 0.433 e. The van der Waals surface area contributed by atoms with Crippen LogP contribution in [0.5, 0.6) is 0 Å². The third-order valence-corrected chi connectivity index (χ3v) is 6.79. The minimum atomic E-state index is -4.52. The Morgan fingerprint density at radius 1 is 1.12 bits per heavy atom. The van der Waals surface area contributed by atoms with Gasteiger partial charge >= 0.3 is 6.18 Å². The van der Waals surface area contributed by atoms with Gasteiger partial charge in [-0.3, -0.25) is 9.78 Å². The Balaban J connectivity index is 1.26. The maximum absolute atomic E-state index is 13.6. The molecule has 0 N–H and O–H groups in total. The van der Waals surface area contributed by atoms with E-state index in [4.69, 9.17) is 0 Å². The van der Waals surface area contributed by atoms with Crippen molar-refractivity contribution in [2.24, 2.45) is 5.92 Å². The average Bonchev–Trinajstić information content (AvgIpc) is 3.50. The van der Waals surface area contributed by atoms with Gasteiger partial charge in [-0.05, 0) is 31.7 Å². The van der Waals surface area contributed by atoms with Gasteiger partial charge < -0.3 is 9.80 Å². The quantitative estimate of drug-likeness (QED) is 0.579. The Morgan fingerprint density at radius 2 is 1.91 bits per heavy atom. The Hall–Kier alpha value is -3.24. The summed E-state index contributed by atoms with van der Waals surface area (Å²) < 4.78 is 41.6. The van der Waals surface area contributed by atoms with E-state index in [0.29, 0.717) is 37.3 Å². The number of anilines is 1. The number of piperidine rings is 1. The predicted molar refractivity (Wildman–Crippen MR) is 118 cm³/mol. The highest BCUT2D eigenvalue weighted by atomic mass is 19.4. The number of nitrogens with zero attached hydrogens (tertiary/aromatic N) is 7. The van der Waals surface area contributed by atoms with Crippen LogP contribution in [0.1, 0.15) is 49.2 Å². The van der Waals surface area contributed by atoms with Crippen molar-refractivity contribution in [3.8, 4) is 0 Å². The highest BCUT2D eigenvalue weighted by Gasteiger charge is 2.37. The third kappa shape index (κ3) is 4.30.